The molecule has 288 valence electrons. The SMILES string of the molecule is CC(C)c1cc(C(C)C)c(-c2cccc(N3CCCCC3)c2P(C23CC4CC(CC(C4)C2)C3)C23CC4CC(CC(C4)C2)C3)c(C(C)C)c1-c1ccccc1. The van der Waals surface area contributed by atoms with E-state index >= 15 is 0 Å². The zero-order valence-electron chi connectivity index (χ0n) is 34.8. The van der Waals surface area contributed by atoms with E-state index in [0.29, 0.717) is 28.1 Å². The summed E-state index contributed by atoms with van der Waals surface area (Å²) in [5.74, 6) is 7.34. The number of hydrogen-bond donors (Lipinski definition) is 0. The average molecular weight is 740 g/mol. The highest BCUT2D eigenvalue weighted by atomic mass is 31.1. The van der Waals surface area contributed by atoms with E-state index in [-0.39, 0.29) is 7.92 Å². The summed E-state index contributed by atoms with van der Waals surface area (Å²) >= 11 is 0. The van der Waals surface area contributed by atoms with Gasteiger partial charge < -0.3 is 4.90 Å². The molecule has 0 N–H and O–H groups in total. The van der Waals surface area contributed by atoms with E-state index in [1.807, 2.05) is 5.30 Å². The molecule has 0 atom stereocenters. The van der Waals surface area contributed by atoms with Crippen LogP contribution >= 0.6 is 7.92 Å². The van der Waals surface area contributed by atoms with Crippen molar-refractivity contribution in [3.8, 4) is 22.3 Å². The molecule has 9 fully saturated rings. The second kappa shape index (κ2) is 13.8. The van der Waals surface area contributed by atoms with Gasteiger partial charge in [-0.15, -0.1) is 0 Å². The Bertz CT molecular complexity index is 1740. The summed E-state index contributed by atoms with van der Waals surface area (Å²) in [6.45, 7) is 17.4. The minimum absolute atomic E-state index is 0.383. The maximum absolute atomic E-state index is 2.95. The van der Waals surface area contributed by atoms with Gasteiger partial charge in [0.1, 0.15) is 0 Å². The van der Waals surface area contributed by atoms with Crippen LogP contribution in [0.4, 0.5) is 5.69 Å². The summed E-state index contributed by atoms with van der Waals surface area (Å²) in [6, 6.07) is 22.2. The summed E-state index contributed by atoms with van der Waals surface area (Å²) in [5.41, 5.74) is 12.8. The van der Waals surface area contributed by atoms with Crippen LogP contribution < -0.4 is 10.2 Å². The normalized spacial score (nSPS) is 34.5. The van der Waals surface area contributed by atoms with Crippen molar-refractivity contribution >= 4 is 18.9 Å². The fourth-order valence-corrected chi connectivity index (χ4v) is 20.9. The van der Waals surface area contributed by atoms with E-state index in [4.69, 9.17) is 0 Å². The molecule has 0 amide bonds. The van der Waals surface area contributed by atoms with Gasteiger partial charge in [-0.3, -0.25) is 0 Å². The highest BCUT2D eigenvalue weighted by Crippen LogP contribution is 2.79. The number of rotatable bonds is 9. The van der Waals surface area contributed by atoms with Crippen molar-refractivity contribution in [1.82, 2.24) is 0 Å². The summed E-state index contributed by atoms with van der Waals surface area (Å²) in [6.07, 6.45) is 22.7. The number of anilines is 1. The van der Waals surface area contributed by atoms with E-state index in [1.54, 1.807) is 116 Å². The van der Waals surface area contributed by atoms with E-state index < -0.39 is 0 Å². The smallest absolute Gasteiger partial charge is 0.0450 e. The first kappa shape index (κ1) is 36.2. The van der Waals surface area contributed by atoms with Gasteiger partial charge >= 0.3 is 0 Å². The predicted octanol–water partition coefficient (Wildman–Crippen LogP) is 14.4. The molecule has 8 saturated carbocycles. The standard InChI is InChI=1S/C52H70NP/c1-33(2)44-26-45(34(3)4)49(47(35(5)6)48(44)42-14-9-7-10-15-42)43-16-13-17-46(53-18-11-8-12-19-53)50(43)54(51-27-36-20-37(28-51)22-38(21-36)29-51)52-30-39-23-40(31-52)25-41(24-39)32-52/h7,9-10,13-17,26,33-41H,8,11-12,18-25,27-32H2,1-6H3. The van der Waals surface area contributed by atoms with Crippen LogP contribution in [0.3, 0.4) is 0 Å². The minimum atomic E-state index is -0.383. The molecule has 1 heterocycles. The molecule has 8 bridgehead atoms. The Labute approximate surface area is 330 Å². The maximum atomic E-state index is 2.95. The van der Waals surface area contributed by atoms with Crippen LogP contribution in [0.1, 0.15) is 172 Å². The molecule has 3 aromatic carbocycles. The fraction of sp³-hybridized carbons (Fsp3) is 0.654. The third-order valence-electron chi connectivity index (χ3n) is 16.5. The van der Waals surface area contributed by atoms with Gasteiger partial charge in [0.05, 0.1) is 0 Å². The van der Waals surface area contributed by atoms with E-state index in [2.05, 4.69) is 101 Å². The lowest BCUT2D eigenvalue weighted by Crippen LogP contribution is -2.58. The van der Waals surface area contributed by atoms with Crippen molar-refractivity contribution in [2.24, 2.45) is 35.5 Å². The second-order valence-electron chi connectivity index (χ2n) is 21.4. The van der Waals surface area contributed by atoms with Gasteiger partial charge in [0, 0.05) is 24.1 Å². The molecule has 1 nitrogen and oxygen atoms in total. The third kappa shape index (κ3) is 5.92. The van der Waals surface area contributed by atoms with E-state index in [0.717, 1.165) is 35.5 Å². The minimum Gasteiger partial charge on any atom is -0.371 e. The molecule has 0 aromatic heterocycles. The lowest BCUT2D eigenvalue weighted by Gasteiger charge is -2.68. The molecule has 0 spiro atoms. The van der Waals surface area contributed by atoms with Crippen molar-refractivity contribution in [3.63, 3.8) is 0 Å². The molecule has 12 rings (SSSR count). The molecule has 1 aliphatic heterocycles. The van der Waals surface area contributed by atoms with E-state index in [9.17, 15) is 0 Å². The van der Waals surface area contributed by atoms with Gasteiger partial charge in [-0.05, 0) is 205 Å². The van der Waals surface area contributed by atoms with E-state index in [1.165, 1.54) is 37.9 Å². The Morgan fingerprint density at radius 3 is 1.48 bits per heavy atom. The maximum Gasteiger partial charge on any atom is 0.0450 e. The van der Waals surface area contributed by atoms with Crippen molar-refractivity contribution in [1.29, 1.82) is 0 Å². The molecule has 3 aromatic rings. The van der Waals surface area contributed by atoms with Gasteiger partial charge in [0.2, 0.25) is 0 Å². The van der Waals surface area contributed by atoms with Crippen molar-refractivity contribution in [2.75, 3.05) is 18.0 Å². The Hall–Kier alpha value is -2.11. The summed E-state index contributed by atoms with van der Waals surface area (Å²) in [7, 11) is -0.383. The van der Waals surface area contributed by atoms with Gasteiger partial charge in [0.25, 0.3) is 0 Å². The summed E-state index contributed by atoms with van der Waals surface area (Å²) in [5, 5.41) is 3.00. The van der Waals surface area contributed by atoms with Crippen molar-refractivity contribution in [3.05, 3.63) is 71.3 Å². The average Bonchev–Trinajstić information content (AvgIpc) is 3.13. The Morgan fingerprint density at radius 1 is 0.537 bits per heavy atom. The Kier molecular flexibility index (Phi) is 9.25. The zero-order valence-corrected chi connectivity index (χ0v) is 35.7. The lowest BCUT2D eigenvalue weighted by molar-refractivity contribution is 0.0195. The van der Waals surface area contributed by atoms with Gasteiger partial charge in [-0.25, -0.2) is 0 Å². The van der Waals surface area contributed by atoms with Gasteiger partial charge in [0.15, 0.2) is 0 Å². The third-order valence-corrected chi connectivity index (χ3v) is 20.4. The Balaban J connectivity index is 1.30. The zero-order chi connectivity index (χ0) is 36.9. The number of benzene rings is 3. The van der Waals surface area contributed by atoms with Crippen molar-refractivity contribution in [2.45, 2.75) is 166 Å². The monoisotopic (exact) mass is 740 g/mol. The van der Waals surface area contributed by atoms with Crippen molar-refractivity contribution < 1.29 is 0 Å². The fourth-order valence-electron chi connectivity index (χ4n) is 15.5. The number of hydrogen-bond acceptors (Lipinski definition) is 1. The molecular weight excluding hydrogens is 670 g/mol. The summed E-state index contributed by atoms with van der Waals surface area (Å²) in [4.78, 5) is 2.95. The van der Waals surface area contributed by atoms with Crippen LogP contribution in [0.15, 0.2) is 54.6 Å². The lowest BCUT2D eigenvalue weighted by atomic mass is 9.55. The van der Waals surface area contributed by atoms with Gasteiger partial charge in [-0.1, -0.05) is 98.0 Å². The number of piperidine rings is 1. The van der Waals surface area contributed by atoms with Crippen LogP contribution in [0, 0.1) is 35.5 Å². The predicted molar refractivity (Wildman–Crippen MR) is 234 cm³/mol. The van der Waals surface area contributed by atoms with Gasteiger partial charge in [-0.2, -0.15) is 0 Å². The van der Waals surface area contributed by atoms with Crippen LogP contribution in [-0.4, -0.2) is 23.4 Å². The molecule has 8 aliphatic carbocycles. The topological polar surface area (TPSA) is 3.24 Å². The Morgan fingerprint density at radius 2 is 1.02 bits per heavy atom. The second-order valence-corrected chi connectivity index (χ2v) is 24.4. The van der Waals surface area contributed by atoms with Crippen LogP contribution in [0.5, 0.6) is 0 Å². The molecule has 0 unspecified atom stereocenters. The highest BCUT2D eigenvalue weighted by molar-refractivity contribution is 7.69. The molecular formula is C52H70NP. The summed E-state index contributed by atoms with van der Waals surface area (Å²) < 4.78 is 0. The quantitative estimate of drug-likeness (QED) is 0.198. The molecule has 9 aliphatic rings. The molecule has 0 radical (unpaired) electrons. The largest absolute Gasteiger partial charge is 0.371 e. The molecule has 54 heavy (non-hydrogen) atoms. The number of nitrogens with zero attached hydrogens (tertiary/aromatic N) is 1. The first-order valence-electron chi connectivity index (χ1n) is 23.1. The first-order valence-corrected chi connectivity index (χ1v) is 24.4. The molecule has 1 saturated heterocycles. The van der Waals surface area contributed by atoms with Crippen LogP contribution in [-0.2, 0) is 0 Å². The van der Waals surface area contributed by atoms with Crippen LogP contribution in [0.2, 0.25) is 0 Å². The van der Waals surface area contributed by atoms with Crippen LogP contribution in [0.25, 0.3) is 22.3 Å². The highest BCUT2D eigenvalue weighted by Gasteiger charge is 2.64. The molecule has 2 heteroatoms. The first-order chi connectivity index (χ1) is 26.1.